The van der Waals surface area contributed by atoms with E-state index in [0.29, 0.717) is 5.75 Å². The van der Waals surface area contributed by atoms with E-state index in [1.165, 1.54) is 30.2 Å². The standard InChI is InChI=1S/C14H13NO3S2/c1-18-13(16)9-7-19-12-11(20-14(17)15-12)10(9)8-5-3-2-4-6-8/h2-6,9-10H,7H2,1H3,(H,15,17)/t9-,10-/m1/s1. The highest BCUT2D eigenvalue weighted by Crippen LogP contribution is 2.45. The van der Waals surface area contributed by atoms with Crippen molar-refractivity contribution >= 4 is 29.1 Å². The second-order valence-corrected chi connectivity index (χ2v) is 6.58. The molecular formula is C14H13NO3S2. The van der Waals surface area contributed by atoms with Gasteiger partial charge in [-0.05, 0) is 5.56 Å². The summed E-state index contributed by atoms with van der Waals surface area (Å²) in [6.45, 7) is 0. The van der Waals surface area contributed by atoms with Crippen LogP contribution in [0.3, 0.4) is 0 Å². The van der Waals surface area contributed by atoms with E-state index in [9.17, 15) is 9.59 Å². The molecule has 0 spiro atoms. The van der Waals surface area contributed by atoms with Crippen LogP contribution in [0.5, 0.6) is 0 Å². The van der Waals surface area contributed by atoms with Gasteiger partial charge in [0.2, 0.25) is 0 Å². The number of benzene rings is 1. The van der Waals surface area contributed by atoms with Gasteiger partial charge >= 0.3 is 10.8 Å². The van der Waals surface area contributed by atoms with E-state index in [0.717, 1.165) is 15.5 Å². The maximum atomic E-state index is 12.0. The van der Waals surface area contributed by atoms with E-state index >= 15 is 0 Å². The third-order valence-corrected chi connectivity index (χ3v) is 5.63. The number of hydrogen-bond donors (Lipinski definition) is 1. The highest BCUT2D eigenvalue weighted by atomic mass is 32.2. The number of thiazole rings is 1. The average molecular weight is 307 g/mol. The Morgan fingerprint density at radius 1 is 1.35 bits per heavy atom. The normalized spacial score (nSPS) is 21.2. The molecular weight excluding hydrogens is 294 g/mol. The molecule has 0 bridgehead atoms. The Kier molecular flexibility index (Phi) is 3.67. The Labute approximate surface area is 124 Å². The monoisotopic (exact) mass is 307 g/mol. The summed E-state index contributed by atoms with van der Waals surface area (Å²) in [4.78, 5) is 27.4. The first-order valence-corrected chi connectivity index (χ1v) is 7.99. The number of carbonyl (C=O) groups excluding carboxylic acids is 1. The van der Waals surface area contributed by atoms with Crippen LogP contribution in [0.25, 0.3) is 0 Å². The van der Waals surface area contributed by atoms with Gasteiger partial charge in [0.05, 0.1) is 18.1 Å². The van der Waals surface area contributed by atoms with Crippen LogP contribution in [0.1, 0.15) is 16.4 Å². The van der Waals surface area contributed by atoms with Crippen molar-refractivity contribution in [2.24, 2.45) is 5.92 Å². The van der Waals surface area contributed by atoms with Gasteiger partial charge in [-0.3, -0.25) is 9.59 Å². The minimum Gasteiger partial charge on any atom is -0.469 e. The first-order chi connectivity index (χ1) is 9.70. The maximum absolute atomic E-state index is 12.0. The Bertz CT molecular complexity index is 677. The third-order valence-electron chi connectivity index (χ3n) is 3.40. The van der Waals surface area contributed by atoms with Crippen LogP contribution in [0.15, 0.2) is 40.2 Å². The fourth-order valence-electron chi connectivity index (χ4n) is 2.49. The summed E-state index contributed by atoms with van der Waals surface area (Å²) < 4.78 is 4.93. The van der Waals surface area contributed by atoms with Gasteiger partial charge in [-0.2, -0.15) is 0 Å². The number of esters is 1. The fraction of sp³-hybridized carbons (Fsp3) is 0.286. The molecule has 0 amide bonds. The van der Waals surface area contributed by atoms with E-state index in [1.54, 1.807) is 0 Å². The molecule has 0 radical (unpaired) electrons. The van der Waals surface area contributed by atoms with Crippen molar-refractivity contribution in [2.45, 2.75) is 10.9 Å². The SMILES string of the molecule is COC(=O)[C@@H]1CSc2[nH]c(=O)sc2[C@@H]1c1ccccc1. The topological polar surface area (TPSA) is 59.2 Å². The van der Waals surface area contributed by atoms with E-state index in [2.05, 4.69) is 4.98 Å². The van der Waals surface area contributed by atoms with E-state index in [4.69, 9.17) is 4.74 Å². The minimum atomic E-state index is -0.258. The Balaban J connectivity index is 2.12. The van der Waals surface area contributed by atoms with Crippen LogP contribution in [0.4, 0.5) is 0 Å². The van der Waals surface area contributed by atoms with Crippen molar-refractivity contribution < 1.29 is 9.53 Å². The smallest absolute Gasteiger partial charge is 0.310 e. The Morgan fingerprint density at radius 3 is 2.80 bits per heavy atom. The molecule has 2 heterocycles. The summed E-state index contributed by atoms with van der Waals surface area (Å²) in [7, 11) is 1.41. The summed E-state index contributed by atoms with van der Waals surface area (Å²) in [5, 5.41) is 0.883. The third kappa shape index (κ3) is 2.29. The lowest BCUT2D eigenvalue weighted by molar-refractivity contribution is -0.145. The number of rotatable bonds is 2. The molecule has 1 aromatic carbocycles. The lowest BCUT2D eigenvalue weighted by Gasteiger charge is -2.28. The molecule has 0 saturated heterocycles. The van der Waals surface area contributed by atoms with Gasteiger partial charge < -0.3 is 9.72 Å². The summed E-state index contributed by atoms with van der Waals surface area (Å²) >= 11 is 2.70. The predicted octanol–water partition coefficient (Wildman–Crippen LogP) is 2.46. The lowest BCUT2D eigenvalue weighted by atomic mass is 9.86. The molecule has 6 heteroatoms. The fourth-order valence-corrected chi connectivity index (χ4v) is 4.89. The van der Waals surface area contributed by atoms with Gasteiger partial charge in [0.15, 0.2) is 0 Å². The zero-order valence-electron chi connectivity index (χ0n) is 10.8. The number of H-pyrrole nitrogens is 1. The molecule has 2 aromatic rings. The van der Waals surface area contributed by atoms with Crippen molar-refractivity contribution in [1.82, 2.24) is 4.98 Å². The molecule has 4 nitrogen and oxygen atoms in total. The molecule has 1 aromatic heterocycles. The number of methoxy groups -OCH3 is 1. The summed E-state index contributed by atoms with van der Waals surface area (Å²) in [6.07, 6.45) is 0. The number of aromatic amines is 1. The lowest BCUT2D eigenvalue weighted by Crippen LogP contribution is -2.29. The molecule has 1 N–H and O–H groups in total. The molecule has 0 unspecified atom stereocenters. The number of carbonyl (C=O) groups is 1. The number of thioether (sulfide) groups is 1. The molecule has 1 aliphatic heterocycles. The summed E-state index contributed by atoms with van der Waals surface area (Å²) in [5.74, 6) is 0.0272. The van der Waals surface area contributed by atoms with Crippen LogP contribution in [-0.2, 0) is 9.53 Å². The van der Waals surface area contributed by atoms with Gasteiger partial charge in [-0.15, -0.1) is 11.8 Å². The van der Waals surface area contributed by atoms with Crippen LogP contribution < -0.4 is 4.87 Å². The maximum Gasteiger partial charge on any atom is 0.310 e. The zero-order valence-corrected chi connectivity index (χ0v) is 12.4. The molecule has 0 fully saturated rings. The Hall–Kier alpha value is -1.53. The summed E-state index contributed by atoms with van der Waals surface area (Å²) in [5.41, 5.74) is 1.04. The highest BCUT2D eigenvalue weighted by molar-refractivity contribution is 7.99. The quantitative estimate of drug-likeness (QED) is 0.866. The molecule has 1 aliphatic rings. The second kappa shape index (κ2) is 5.46. The first-order valence-electron chi connectivity index (χ1n) is 6.19. The van der Waals surface area contributed by atoms with Crippen LogP contribution >= 0.6 is 23.1 Å². The average Bonchev–Trinajstić information content (AvgIpc) is 2.86. The first kappa shape index (κ1) is 13.5. The van der Waals surface area contributed by atoms with Crippen LogP contribution in [0.2, 0.25) is 0 Å². The molecule has 0 saturated carbocycles. The van der Waals surface area contributed by atoms with Crippen molar-refractivity contribution in [2.75, 3.05) is 12.9 Å². The van der Waals surface area contributed by atoms with E-state index in [1.807, 2.05) is 30.3 Å². The number of aromatic nitrogens is 1. The molecule has 0 aliphatic carbocycles. The van der Waals surface area contributed by atoms with Crippen molar-refractivity contribution in [3.63, 3.8) is 0 Å². The van der Waals surface area contributed by atoms with Gasteiger partial charge in [0.25, 0.3) is 0 Å². The van der Waals surface area contributed by atoms with Crippen LogP contribution in [-0.4, -0.2) is 23.8 Å². The van der Waals surface area contributed by atoms with E-state index < -0.39 is 0 Å². The number of hydrogen-bond acceptors (Lipinski definition) is 5. The number of ether oxygens (including phenoxy) is 1. The number of fused-ring (bicyclic) bond motifs is 1. The second-order valence-electron chi connectivity index (χ2n) is 4.54. The van der Waals surface area contributed by atoms with Crippen molar-refractivity contribution in [3.8, 4) is 0 Å². The van der Waals surface area contributed by atoms with Gasteiger partial charge in [-0.1, -0.05) is 41.7 Å². The van der Waals surface area contributed by atoms with E-state index in [-0.39, 0.29) is 22.7 Å². The predicted molar refractivity (Wildman–Crippen MR) is 79.5 cm³/mol. The largest absolute Gasteiger partial charge is 0.469 e. The molecule has 2 atom stereocenters. The molecule has 3 rings (SSSR count). The van der Waals surface area contributed by atoms with Crippen molar-refractivity contribution in [1.29, 1.82) is 0 Å². The Morgan fingerprint density at radius 2 is 2.10 bits per heavy atom. The van der Waals surface area contributed by atoms with Crippen molar-refractivity contribution in [3.05, 3.63) is 50.4 Å². The van der Waals surface area contributed by atoms with Crippen LogP contribution in [0, 0.1) is 5.92 Å². The molecule has 104 valence electrons. The van der Waals surface area contributed by atoms with Gasteiger partial charge in [-0.25, -0.2) is 0 Å². The minimum absolute atomic E-state index is 0.0750. The van der Waals surface area contributed by atoms with Gasteiger partial charge in [0.1, 0.15) is 0 Å². The zero-order chi connectivity index (χ0) is 14.1. The summed E-state index contributed by atoms with van der Waals surface area (Å²) in [6, 6.07) is 9.81. The number of nitrogens with one attached hydrogen (secondary N) is 1. The van der Waals surface area contributed by atoms with Gasteiger partial charge in [0, 0.05) is 16.5 Å². The highest BCUT2D eigenvalue weighted by Gasteiger charge is 2.38. The molecule has 20 heavy (non-hydrogen) atoms.